The molecule has 7 aromatic carbocycles. The molecule has 0 saturated carbocycles. The molecular formula is C42H28O6. The Morgan fingerprint density at radius 2 is 0.917 bits per heavy atom. The molecule has 0 spiro atoms. The Kier molecular flexibility index (Phi) is 5.98. The van der Waals surface area contributed by atoms with Crippen LogP contribution in [0.3, 0.4) is 0 Å². The lowest BCUT2D eigenvalue weighted by molar-refractivity contribution is 0.330. The minimum Gasteiger partial charge on any atom is -0.504 e. The molecule has 1 aliphatic rings. The fraction of sp³-hybridized carbons (Fsp3) is 0.0476. The summed E-state index contributed by atoms with van der Waals surface area (Å²) in [5.41, 5.74) is 8.70. The van der Waals surface area contributed by atoms with Gasteiger partial charge >= 0.3 is 0 Å². The van der Waals surface area contributed by atoms with Gasteiger partial charge in [-0.25, -0.2) is 0 Å². The van der Waals surface area contributed by atoms with Crippen molar-refractivity contribution >= 4 is 32.5 Å². The lowest BCUT2D eigenvalue weighted by Crippen LogP contribution is -2.01. The van der Waals surface area contributed by atoms with Gasteiger partial charge in [-0.05, 0) is 85.1 Å². The number of benzene rings is 7. The molecule has 6 heteroatoms. The molecule has 0 unspecified atom stereocenters. The summed E-state index contributed by atoms with van der Waals surface area (Å²) >= 11 is 0. The monoisotopic (exact) mass is 628 g/mol. The third-order valence-electron chi connectivity index (χ3n) is 9.70. The minimum atomic E-state index is -0.990. The molecule has 232 valence electrons. The van der Waals surface area contributed by atoms with Gasteiger partial charge in [-0.2, -0.15) is 0 Å². The summed E-state index contributed by atoms with van der Waals surface area (Å²) in [6.45, 7) is 0. The standard InChI is InChI=1S/C42H28O6/c43-38-36(39(44)41(46)42(47)40(38)45)24-10-7-9-23(20-24)34-27-12-3-5-14-29(27)35(30-15-6-4-13-28(30)34)25-17-18-32-31(21-25)37-26-11-2-1-8-22(26)16-19-33(37)48-32/h1-15,17-18,20-21,43-47H,16,19H2. The summed E-state index contributed by atoms with van der Waals surface area (Å²) in [5, 5.41) is 57.1. The molecule has 0 amide bonds. The van der Waals surface area contributed by atoms with Crippen LogP contribution < -0.4 is 0 Å². The lowest BCUT2D eigenvalue weighted by Gasteiger charge is -2.19. The zero-order valence-corrected chi connectivity index (χ0v) is 25.5. The number of aryl methyl sites for hydroxylation is 2. The molecule has 0 fully saturated rings. The van der Waals surface area contributed by atoms with Gasteiger partial charge in [0.25, 0.3) is 0 Å². The minimum absolute atomic E-state index is 0.187. The van der Waals surface area contributed by atoms with E-state index in [1.165, 1.54) is 16.7 Å². The zero-order chi connectivity index (χ0) is 32.7. The van der Waals surface area contributed by atoms with E-state index in [1.807, 2.05) is 30.3 Å². The third-order valence-corrected chi connectivity index (χ3v) is 9.70. The summed E-state index contributed by atoms with van der Waals surface area (Å²) in [7, 11) is 0. The number of furan rings is 1. The molecule has 0 saturated heterocycles. The first kappa shape index (κ1) is 27.9. The van der Waals surface area contributed by atoms with Crippen molar-refractivity contribution in [1.29, 1.82) is 0 Å². The van der Waals surface area contributed by atoms with Crippen LogP contribution in [-0.2, 0) is 12.8 Å². The predicted molar refractivity (Wildman–Crippen MR) is 189 cm³/mol. The van der Waals surface area contributed by atoms with Crippen LogP contribution in [0.25, 0.3) is 77.0 Å². The molecule has 0 radical (unpaired) electrons. The number of phenols is 5. The van der Waals surface area contributed by atoms with Crippen LogP contribution >= 0.6 is 0 Å². The van der Waals surface area contributed by atoms with E-state index >= 15 is 0 Å². The zero-order valence-electron chi connectivity index (χ0n) is 25.5. The molecule has 1 aromatic heterocycles. The molecule has 9 rings (SSSR count). The first-order valence-electron chi connectivity index (χ1n) is 15.8. The Bertz CT molecular complexity index is 2540. The molecule has 48 heavy (non-hydrogen) atoms. The maximum atomic E-state index is 10.7. The Morgan fingerprint density at radius 1 is 0.396 bits per heavy atom. The van der Waals surface area contributed by atoms with Crippen molar-refractivity contribution in [2.24, 2.45) is 0 Å². The second-order valence-corrected chi connectivity index (χ2v) is 12.3. The number of fused-ring (bicyclic) bond motifs is 7. The summed E-state index contributed by atoms with van der Waals surface area (Å²) in [6.07, 6.45) is 1.83. The van der Waals surface area contributed by atoms with Crippen molar-refractivity contribution < 1.29 is 29.9 Å². The number of rotatable bonds is 3. The first-order chi connectivity index (χ1) is 23.4. The summed E-state index contributed by atoms with van der Waals surface area (Å²) in [6, 6.07) is 38.7. The van der Waals surface area contributed by atoms with Crippen molar-refractivity contribution in [3.8, 4) is 73.3 Å². The van der Waals surface area contributed by atoms with Crippen molar-refractivity contribution in [3.05, 3.63) is 127 Å². The van der Waals surface area contributed by atoms with Crippen LogP contribution in [0.15, 0.2) is 120 Å². The number of phenolic OH excluding ortho intramolecular Hbond substituents is 5. The summed E-state index contributed by atoms with van der Waals surface area (Å²) in [5.74, 6) is -3.25. The molecule has 8 aromatic rings. The van der Waals surface area contributed by atoms with Gasteiger partial charge in [0.1, 0.15) is 11.3 Å². The van der Waals surface area contributed by atoms with E-state index in [0.29, 0.717) is 5.56 Å². The van der Waals surface area contributed by atoms with Gasteiger partial charge in [-0.3, -0.25) is 0 Å². The molecular weight excluding hydrogens is 600 g/mol. The molecule has 0 atom stereocenters. The van der Waals surface area contributed by atoms with E-state index in [-0.39, 0.29) is 5.56 Å². The molecule has 0 aliphatic heterocycles. The lowest BCUT2D eigenvalue weighted by atomic mass is 9.84. The smallest absolute Gasteiger partial charge is 0.208 e. The predicted octanol–water partition coefficient (Wildman–Crippen LogP) is 10.0. The molecule has 1 aliphatic carbocycles. The van der Waals surface area contributed by atoms with Crippen LogP contribution in [-0.4, -0.2) is 25.5 Å². The Balaban J connectivity index is 1.30. The largest absolute Gasteiger partial charge is 0.504 e. The van der Waals surface area contributed by atoms with Gasteiger partial charge in [-0.1, -0.05) is 97.1 Å². The van der Waals surface area contributed by atoms with Gasteiger partial charge in [0.15, 0.2) is 11.5 Å². The van der Waals surface area contributed by atoms with Crippen molar-refractivity contribution in [1.82, 2.24) is 0 Å². The highest BCUT2D eigenvalue weighted by molar-refractivity contribution is 6.22. The van der Waals surface area contributed by atoms with Crippen molar-refractivity contribution in [3.63, 3.8) is 0 Å². The van der Waals surface area contributed by atoms with E-state index in [2.05, 4.69) is 66.7 Å². The normalized spacial score (nSPS) is 12.4. The average molecular weight is 629 g/mol. The highest BCUT2D eigenvalue weighted by Crippen LogP contribution is 2.55. The average Bonchev–Trinajstić information content (AvgIpc) is 3.51. The maximum Gasteiger partial charge on any atom is 0.208 e. The highest BCUT2D eigenvalue weighted by atomic mass is 16.4. The van der Waals surface area contributed by atoms with E-state index in [4.69, 9.17) is 4.42 Å². The molecule has 6 nitrogen and oxygen atoms in total. The third kappa shape index (κ3) is 3.93. The van der Waals surface area contributed by atoms with E-state index < -0.39 is 28.7 Å². The Morgan fingerprint density at radius 3 is 1.54 bits per heavy atom. The van der Waals surface area contributed by atoms with Gasteiger partial charge in [0.05, 0.1) is 5.56 Å². The van der Waals surface area contributed by atoms with Gasteiger partial charge in [-0.15, -0.1) is 0 Å². The van der Waals surface area contributed by atoms with E-state index in [0.717, 1.165) is 73.4 Å². The number of hydrogen-bond acceptors (Lipinski definition) is 6. The molecule has 5 N–H and O–H groups in total. The van der Waals surface area contributed by atoms with Gasteiger partial charge in [0, 0.05) is 17.4 Å². The van der Waals surface area contributed by atoms with Crippen LogP contribution in [0, 0.1) is 0 Å². The van der Waals surface area contributed by atoms with Gasteiger partial charge in [0.2, 0.25) is 17.2 Å². The van der Waals surface area contributed by atoms with Crippen LogP contribution in [0.5, 0.6) is 28.7 Å². The van der Waals surface area contributed by atoms with Crippen molar-refractivity contribution in [2.45, 2.75) is 12.8 Å². The number of hydrogen-bond donors (Lipinski definition) is 5. The highest BCUT2D eigenvalue weighted by Gasteiger charge is 2.26. The molecule has 0 bridgehead atoms. The second-order valence-electron chi connectivity index (χ2n) is 12.3. The first-order valence-corrected chi connectivity index (χ1v) is 15.8. The SMILES string of the molecule is Oc1c(O)c(O)c(-c2cccc(-c3c4ccccc4c(-c4ccc5oc6c(c5c4)-c4ccccc4CC6)c4ccccc34)c2)c(O)c1O. The van der Waals surface area contributed by atoms with Crippen LogP contribution in [0.4, 0.5) is 0 Å². The second kappa shape index (κ2) is 10.3. The fourth-order valence-corrected chi connectivity index (χ4v) is 7.55. The topological polar surface area (TPSA) is 114 Å². The van der Waals surface area contributed by atoms with Crippen molar-refractivity contribution in [2.75, 3.05) is 0 Å². The van der Waals surface area contributed by atoms with Crippen LogP contribution in [0.2, 0.25) is 0 Å². The number of aromatic hydroxyl groups is 5. The quantitative estimate of drug-likeness (QED) is 0.0756. The Hall–Kier alpha value is -6.40. The fourth-order valence-electron chi connectivity index (χ4n) is 7.55. The summed E-state index contributed by atoms with van der Waals surface area (Å²) < 4.78 is 6.40. The van der Waals surface area contributed by atoms with Crippen LogP contribution in [0.1, 0.15) is 11.3 Å². The molecule has 1 heterocycles. The van der Waals surface area contributed by atoms with E-state index in [9.17, 15) is 25.5 Å². The summed E-state index contributed by atoms with van der Waals surface area (Å²) in [4.78, 5) is 0. The Labute approximate surface area is 274 Å². The van der Waals surface area contributed by atoms with Gasteiger partial charge < -0.3 is 29.9 Å². The maximum absolute atomic E-state index is 10.7. The van der Waals surface area contributed by atoms with E-state index in [1.54, 1.807) is 18.2 Å².